The largest absolute Gasteiger partial charge is 0.497 e. The van der Waals surface area contributed by atoms with E-state index in [2.05, 4.69) is 0 Å². The molecule has 1 amide bonds. The maximum absolute atomic E-state index is 13.3. The number of hydrogen-bond acceptors (Lipinski definition) is 3. The van der Waals surface area contributed by atoms with Gasteiger partial charge in [-0.3, -0.25) is 0 Å². The molecule has 37 heavy (non-hydrogen) atoms. The zero-order chi connectivity index (χ0) is 26.7. The van der Waals surface area contributed by atoms with Gasteiger partial charge in [-0.1, -0.05) is 23.7 Å². The lowest BCUT2D eigenvalue weighted by Gasteiger charge is -2.20. The minimum atomic E-state index is -4.47. The first kappa shape index (κ1) is 26.4. The number of alkyl halides is 3. The zero-order valence-electron chi connectivity index (χ0n) is 20.6. The molecule has 5 nitrogen and oxygen atoms in total. The van der Waals surface area contributed by atoms with E-state index in [4.69, 9.17) is 21.1 Å². The summed E-state index contributed by atoms with van der Waals surface area (Å²) in [5.74, 6) is 1.05. The molecule has 0 unspecified atom stereocenters. The van der Waals surface area contributed by atoms with Crippen molar-refractivity contribution in [2.24, 2.45) is 0 Å². The summed E-state index contributed by atoms with van der Waals surface area (Å²) in [4.78, 5) is 14.3. The predicted molar refractivity (Wildman–Crippen MR) is 138 cm³/mol. The number of ether oxygens (including phenoxy) is 2. The molecule has 0 N–H and O–H groups in total. The highest BCUT2D eigenvalue weighted by atomic mass is 35.5. The van der Waals surface area contributed by atoms with Crippen molar-refractivity contribution < 1.29 is 27.4 Å². The Balaban J connectivity index is 1.81. The van der Waals surface area contributed by atoms with E-state index >= 15 is 0 Å². The Kier molecular flexibility index (Phi) is 7.68. The minimum Gasteiger partial charge on any atom is -0.497 e. The molecule has 0 saturated carbocycles. The fraction of sp³-hybridized carbons (Fsp3) is 0.250. The molecular weight excluding hydrogens is 505 g/mol. The summed E-state index contributed by atoms with van der Waals surface area (Å²) < 4.78 is 52.7. The van der Waals surface area contributed by atoms with E-state index in [9.17, 15) is 18.0 Å². The van der Waals surface area contributed by atoms with E-state index < -0.39 is 17.8 Å². The van der Waals surface area contributed by atoms with Crippen LogP contribution in [0.2, 0.25) is 5.02 Å². The number of rotatable bonds is 7. The third-order valence-corrected chi connectivity index (χ3v) is 6.59. The van der Waals surface area contributed by atoms with Crippen molar-refractivity contribution in [1.29, 1.82) is 0 Å². The Hall–Kier alpha value is -3.65. The third kappa shape index (κ3) is 5.54. The van der Waals surface area contributed by atoms with Crippen LogP contribution in [0.15, 0.2) is 66.9 Å². The molecule has 0 aliphatic rings. The number of carbonyl (C=O) groups excluding carboxylic acids is 1. The van der Waals surface area contributed by atoms with Crippen LogP contribution in [0.25, 0.3) is 22.0 Å². The average Bonchev–Trinajstić information content (AvgIpc) is 3.28. The molecule has 0 aliphatic carbocycles. The number of methoxy groups -OCH3 is 1. The Labute approximate surface area is 218 Å². The molecule has 0 spiro atoms. The van der Waals surface area contributed by atoms with Gasteiger partial charge in [0.1, 0.15) is 11.5 Å². The van der Waals surface area contributed by atoms with Gasteiger partial charge in [-0.05, 0) is 73.5 Å². The first-order chi connectivity index (χ1) is 17.7. The maximum Gasteiger partial charge on any atom is 0.416 e. The monoisotopic (exact) mass is 530 g/mol. The number of carbonyl (C=O) groups is 1. The van der Waals surface area contributed by atoms with Gasteiger partial charge in [0.05, 0.1) is 12.7 Å². The second kappa shape index (κ2) is 10.8. The Morgan fingerprint density at radius 3 is 2.32 bits per heavy atom. The molecule has 0 atom stereocenters. The van der Waals surface area contributed by atoms with Crippen molar-refractivity contribution in [2.45, 2.75) is 26.6 Å². The van der Waals surface area contributed by atoms with Crippen molar-refractivity contribution in [3.63, 3.8) is 0 Å². The summed E-state index contributed by atoms with van der Waals surface area (Å²) in [6.07, 6.45) is -3.15. The summed E-state index contributed by atoms with van der Waals surface area (Å²) in [5, 5.41) is 1.02. The van der Waals surface area contributed by atoms with Gasteiger partial charge in [0, 0.05) is 47.3 Å². The first-order valence-corrected chi connectivity index (χ1v) is 12.1. The lowest BCUT2D eigenvalue weighted by atomic mass is 10.0. The summed E-state index contributed by atoms with van der Waals surface area (Å²) >= 11 is 6.26. The van der Waals surface area contributed by atoms with Crippen LogP contribution >= 0.6 is 11.6 Å². The van der Waals surface area contributed by atoms with Gasteiger partial charge in [0.25, 0.3) is 0 Å². The quantitative estimate of drug-likeness (QED) is 0.244. The summed E-state index contributed by atoms with van der Waals surface area (Å²) in [5.41, 5.74) is 1.82. The number of nitrogens with zero attached hydrogens (tertiary/aromatic N) is 2. The summed E-state index contributed by atoms with van der Waals surface area (Å²) in [6, 6.07) is 16.0. The molecule has 1 aromatic heterocycles. The van der Waals surface area contributed by atoms with E-state index in [-0.39, 0.29) is 11.6 Å². The average molecular weight is 531 g/mol. The van der Waals surface area contributed by atoms with Crippen LogP contribution in [0.1, 0.15) is 25.0 Å². The molecule has 0 bridgehead atoms. The van der Waals surface area contributed by atoms with Crippen LogP contribution in [0.3, 0.4) is 0 Å². The van der Waals surface area contributed by atoms with Crippen LogP contribution < -0.4 is 9.47 Å². The lowest BCUT2D eigenvalue weighted by molar-refractivity contribution is -0.137. The highest BCUT2D eigenvalue weighted by Gasteiger charge is 2.31. The van der Waals surface area contributed by atoms with Crippen molar-refractivity contribution in [3.05, 3.63) is 83.0 Å². The first-order valence-electron chi connectivity index (χ1n) is 11.7. The third-order valence-electron chi connectivity index (χ3n) is 6.23. The van der Waals surface area contributed by atoms with E-state index in [0.29, 0.717) is 35.7 Å². The molecule has 4 rings (SSSR count). The van der Waals surface area contributed by atoms with Crippen molar-refractivity contribution in [1.82, 2.24) is 9.47 Å². The van der Waals surface area contributed by atoms with Crippen LogP contribution in [0, 0.1) is 0 Å². The van der Waals surface area contributed by atoms with Gasteiger partial charge in [-0.25, -0.2) is 4.79 Å². The molecule has 0 radical (unpaired) electrons. The predicted octanol–water partition coefficient (Wildman–Crippen LogP) is 7.88. The fourth-order valence-corrected chi connectivity index (χ4v) is 4.40. The maximum atomic E-state index is 13.3. The molecule has 0 saturated heterocycles. The number of fused-ring (bicyclic) bond motifs is 1. The van der Waals surface area contributed by atoms with E-state index in [0.717, 1.165) is 28.6 Å². The van der Waals surface area contributed by atoms with Crippen molar-refractivity contribution in [3.8, 4) is 22.6 Å². The lowest BCUT2D eigenvalue weighted by Crippen LogP contribution is -2.33. The smallest absolute Gasteiger partial charge is 0.416 e. The Morgan fingerprint density at radius 1 is 1.00 bits per heavy atom. The number of halogens is 4. The van der Waals surface area contributed by atoms with Gasteiger partial charge < -0.3 is 18.9 Å². The van der Waals surface area contributed by atoms with Crippen LogP contribution in [-0.4, -0.2) is 35.8 Å². The molecular formula is C28H26ClF3N2O3. The van der Waals surface area contributed by atoms with E-state index in [1.165, 1.54) is 6.07 Å². The highest BCUT2D eigenvalue weighted by Crippen LogP contribution is 2.39. The molecule has 4 aromatic rings. The van der Waals surface area contributed by atoms with Gasteiger partial charge in [0.15, 0.2) is 0 Å². The molecule has 194 valence electrons. The van der Waals surface area contributed by atoms with Crippen molar-refractivity contribution >= 4 is 28.6 Å². The van der Waals surface area contributed by atoms with E-state index in [1.54, 1.807) is 30.3 Å². The van der Waals surface area contributed by atoms with Gasteiger partial charge in [-0.15, -0.1) is 0 Å². The Bertz CT molecular complexity index is 1410. The zero-order valence-corrected chi connectivity index (χ0v) is 21.4. The number of benzene rings is 3. The number of hydrogen-bond donors (Lipinski definition) is 0. The minimum absolute atomic E-state index is 0.132. The molecule has 0 fully saturated rings. The summed E-state index contributed by atoms with van der Waals surface area (Å²) in [6.45, 7) is 4.88. The Morgan fingerprint density at radius 2 is 1.70 bits per heavy atom. The van der Waals surface area contributed by atoms with Crippen LogP contribution in [0.4, 0.5) is 18.0 Å². The van der Waals surface area contributed by atoms with Gasteiger partial charge in [-0.2, -0.15) is 13.2 Å². The number of amides is 1. The number of aromatic nitrogens is 1. The van der Waals surface area contributed by atoms with Crippen molar-refractivity contribution in [2.75, 3.05) is 20.2 Å². The highest BCUT2D eigenvalue weighted by molar-refractivity contribution is 6.31. The molecule has 9 heteroatoms. The SMILES string of the molecule is CCN(CC)C(=O)Oc1ccc2c(ccn2Cc2cc(C(F)(F)F)ccc2Cl)c1-c1ccc(OC)cc1. The molecule has 3 aromatic carbocycles. The standard InChI is InChI=1S/C28H26ClF3N2O3/c1-4-33(5-2)27(35)37-25-13-12-24-22(26(25)18-6-9-21(36-3)10-7-18)14-15-34(24)17-19-16-20(28(30,31)32)8-11-23(19)29/h6-16H,4-5,17H2,1-3H3. The summed E-state index contributed by atoms with van der Waals surface area (Å²) in [7, 11) is 1.58. The molecule has 1 heterocycles. The normalized spacial score (nSPS) is 11.5. The van der Waals surface area contributed by atoms with Gasteiger partial charge in [0.2, 0.25) is 0 Å². The second-order valence-electron chi connectivity index (χ2n) is 8.39. The fourth-order valence-electron chi connectivity index (χ4n) is 4.23. The van der Waals surface area contributed by atoms with Crippen LogP contribution in [0.5, 0.6) is 11.5 Å². The van der Waals surface area contributed by atoms with E-state index in [1.807, 2.05) is 48.7 Å². The molecule has 0 aliphatic heterocycles. The van der Waals surface area contributed by atoms with Crippen LogP contribution in [-0.2, 0) is 12.7 Å². The van der Waals surface area contributed by atoms with Gasteiger partial charge >= 0.3 is 12.3 Å². The second-order valence-corrected chi connectivity index (χ2v) is 8.80. The topological polar surface area (TPSA) is 43.7 Å².